The highest BCUT2D eigenvalue weighted by molar-refractivity contribution is 7.15. The van der Waals surface area contributed by atoms with Gasteiger partial charge in [0.2, 0.25) is 0 Å². The average molecular weight is 356 g/mol. The van der Waals surface area contributed by atoms with Gasteiger partial charge in [-0.2, -0.15) is 5.10 Å². The minimum absolute atomic E-state index is 0.128. The highest BCUT2D eigenvalue weighted by Crippen LogP contribution is 2.29. The molecule has 1 aliphatic heterocycles. The lowest BCUT2D eigenvalue weighted by atomic mass is 10.1. The van der Waals surface area contributed by atoms with Crippen molar-refractivity contribution >= 4 is 11.3 Å². The second kappa shape index (κ2) is 7.09. The summed E-state index contributed by atoms with van der Waals surface area (Å²) in [5, 5.41) is 13.0. The number of nitrogens with zero attached hydrogens (tertiary/aromatic N) is 6. The summed E-state index contributed by atoms with van der Waals surface area (Å²) in [7, 11) is 1.93. The Bertz CT molecular complexity index is 826. The fourth-order valence-electron chi connectivity index (χ4n) is 3.33. The van der Waals surface area contributed by atoms with Crippen LogP contribution in [-0.4, -0.2) is 42.8 Å². The second-order valence-corrected chi connectivity index (χ2v) is 7.98. The Morgan fingerprint density at radius 2 is 2.00 bits per heavy atom. The monoisotopic (exact) mass is 356 g/mol. The van der Waals surface area contributed by atoms with Gasteiger partial charge in [0.05, 0.1) is 23.3 Å². The maximum Gasteiger partial charge on any atom is 0.123 e. The molecule has 25 heavy (non-hydrogen) atoms. The summed E-state index contributed by atoms with van der Waals surface area (Å²) in [4.78, 5) is 5.16. The van der Waals surface area contributed by atoms with Crippen LogP contribution in [0.1, 0.15) is 42.7 Å². The zero-order valence-corrected chi connectivity index (χ0v) is 15.6. The number of rotatable bonds is 5. The lowest BCUT2D eigenvalue weighted by Crippen LogP contribution is -2.28. The maximum atomic E-state index is 4.38. The molecule has 1 aliphatic rings. The molecule has 0 saturated carbocycles. The molecule has 3 aromatic rings. The maximum absolute atomic E-state index is 4.38. The van der Waals surface area contributed by atoms with Gasteiger partial charge in [-0.25, -0.2) is 4.68 Å². The summed E-state index contributed by atoms with van der Waals surface area (Å²) in [6.45, 7) is 5.63. The van der Waals surface area contributed by atoms with Crippen LogP contribution in [0.15, 0.2) is 30.7 Å². The minimum Gasteiger partial charge on any atom is -0.298 e. The van der Waals surface area contributed by atoms with Crippen molar-refractivity contribution in [3.8, 4) is 10.6 Å². The topological polar surface area (TPSA) is 51.8 Å². The van der Waals surface area contributed by atoms with E-state index in [1.54, 1.807) is 0 Å². The van der Waals surface area contributed by atoms with Gasteiger partial charge in [-0.15, -0.1) is 16.4 Å². The van der Waals surface area contributed by atoms with Crippen LogP contribution in [0.2, 0.25) is 0 Å². The standard InChI is InChI=1S/C18H24N6S/c1-14(15-10-19-22(2)11-15)24-13-17(20-21-24)18-7-6-16(25-18)12-23-8-4-3-5-9-23/h6-7,10-11,13-14H,3-5,8-9,12H2,1-2H3. The van der Waals surface area contributed by atoms with Crippen LogP contribution in [0.4, 0.5) is 0 Å². The van der Waals surface area contributed by atoms with Crippen LogP contribution >= 0.6 is 11.3 Å². The zero-order valence-electron chi connectivity index (χ0n) is 14.8. The van der Waals surface area contributed by atoms with E-state index < -0.39 is 0 Å². The van der Waals surface area contributed by atoms with E-state index in [4.69, 9.17) is 0 Å². The SMILES string of the molecule is CC(c1cnn(C)c1)n1cc(-c2ccc(CN3CCCCC3)s2)nn1. The minimum atomic E-state index is 0.128. The van der Waals surface area contributed by atoms with Crippen LogP contribution in [0.5, 0.6) is 0 Å². The lowest BCUT2D eigenvalue weighted by Gasteiger charge is -2.25. The lowest BCUT2D eigenvalue weighted by molar-refractivity contribution is 0.222. The van der Waals surface area contributed by atoms with Crippen LogP contribution in [-0.2, 0) is 13.6 Å². The number of hydrogen-bond acceptors (Lipinski definition) is 5. The number of likely N-dealkylation sites (tertiary alicyclic amines) is 1. The molecule has 0 radical (unpaired) electrons. The molecule has 1 unspecified atom stereocenters. The normalized spacial score (nSPS) is 17.0. The van der Waals surface area contributed by atoms with Crippen molar-refractivity contribution in [2.75, 3.05) is 13.1 Å². The van der Waals surface area contributed by atoms with E-state index in [-0.39, 0.29) is 6.04 Å². The fraction of sp³-hybridized carbons (Fsp3) is 0.500. The highest BCUT2D eigenvalue weighted by Gasteiger charge is 2.15. The van der Waals surface area contributed by atoms with Gasteiger partial charge in [-0.1, -0.05) is 11.6 Å². The fourth-order valence-corrected chi connectivity index (χ4v) is 4.33. The summed E-state index contributed by atoms with van der Waals surface area (Å²) in [5.41, 5.74) is 2.08. The largest absolute Gasteiger partial charge is 0.298 e. The van der Waals surface area contributed by atoms with E-state index in [1.165, 1.54) is 42.1 Å². The summed E-state index contributed by atoms with van der Waals surface area (Å²) < 4.78 is 3.73. The van der Waals surface area contributed by atoms with Gasteiger partial charge in [0.25, 0.3) is 0 Å². The average Bonchev–Trinajstić information content (AvgIpc) is 3.35. The molecule has 0 aliphatic carbocycles. The van der Waals surface area contributed by atoms with Gasteiger partial charge in [0.15, 0.2) is 0 Å². The summed E-state index contributed by atoms with van der Waals surface area (Å²) >= 11 is 1.83. The van der Waals surface area contributed by atoms with Crippen LogP contribution < -0.4 is 0 Å². The second-order valence-electron chi connectivity index (χ2n) is 6.81. The molecule has 1 fully saturated rings. The van der Waals surface area contributed by atoms with E-state index in [1.807, 2.05) is 46.3 Å². The Labute approximate surface area is 152 Å². The molecule has 7 heteroatoms. The van der Waals surface area contributed by atoms with Crippen molar-refractivity contribution in [1.29, 1.82) is 0 Å². The first kappa shape index (κ1) is 16.5. The first-order valence-electron chi connectivity index (χ1n) is 8.91. The molecule has 3 aromatic heterocycles. The molecular weight excluding hydrogens is 332 g/mol. The van der Waals surface area contributed by atoms with E-state index >= 15 is 0 Å². The van der Waals surface area contributed by atoms with Crippen molar-refractivity contribution in [3.05, 3.63) is 41.2 Å². The van der Waals surface area contributed by atoms with Crippen LogP contribution in [0.25, 0.3) is 10.6 Å². The molecule has 6 nitrogen and oxygen atoms in total. The van der Waals surface area contributed by atoms with Crippen molar-refractivity contribution in [3.63, 3.8) is 0 Å². The first-order valence-corrected chi connectivity index (χ1v) is 9.72. The molecule has 0 spiro atoms. The molecule has 0 aromatic carbocycles. The van der Waals surface area contributed by atoms with Crippen molar-refractivity contribution in [2.45, 2.75) is 38.8 Å². The molecule has 1 atom stereocenters. The molecular formula is C18H24N6S. The number of hydrogen-bond donors (Lipinski definition) is 0. The Hall–Kier alpha value is -1.99. The molecule has 4 rings (SSSR count). The Morgan fingerprint density at radius 3 is 2.76 bits per heavy atom. The Balaban J connectivity index is 1.46. The van der Waals surface area contributed by atoms with Gasteiger partial charge in [-0.05, 0) is 45.0 Å². The molecule has 0 N–H and O–H groups in total. The van der Waals surface area contributed by atoms with Crippen molar-refractivity contribution in [2.24, 2.45) is 7.05 Å². The van der Waals surface area contributed by atoms with E-state index in [2.05, 4.69) is 39.4 Å². The Morgan fingerprint density at radius 1 is 1.16 bits per heavy atom. The summed E-state index contributed by atoms with van der Waals surface area (Å²) in [5.74, 6) is 0. The predicted molar refractivity (Wildman–Crippen MR) is 99.5 cm³/mol. The summed E-state index contributed by atoms with van der Waals surface area (Å²) in [6.07, 6.45) is 9.98. The quantitative estimate of drug-likeness (QED) is 0.704. The van der Waals surface area contributed by atoms with Crippen molar-refractivity contribution < 1.29 is 0 Å². The molecule has 0 amide bonds. The predicted octanol–water partition coefficient (Wildman–Crippen LogP) is 3.34. The van der Waals surface area contributed by atoms with Gasteiger partial charge in [0, 0.05) is 30.2 Å². The zero-order chi connectivity index (χ0) is 17.2. The molecule has 4 heterocycles. The summed E-state index contributed by atoms with van der Waals surface area (Å²) in [6, 6.07) is 4.54. The van der Waals surface area contributed by atoms with Crippen molar-refractivity contribution in [1.82, 2.24) is 29.7 Å². The van der Waals surface area contributed by atoms with Gasteiger partial charge < -0.3 is 0 Å². The third-order valence-electron chi connectivity index (χ3n) is 4.86. The van der Waals surface area contributed by atoms with Gasteiger partial charge in [-0.3, -0.25) is 9.58 Å². The number of piperidine rings is 1. The van der Waals surface area contributed by atoms with E-state index in [9.17, 15) is 0 Å². The van der Waals surface area contributed by atoms with Crippen LogP contribution in [0.3, 0.4) is 0 Å². The molecule has 1 saturated heterocycles. The molecule has 0 bridgehead atoms. The number of aromatic nitrogens is 5. The van der Waals surface area contributed by atoms with Crippen LogP contribution in [0, 0.1) is 0 Å². The van der Waals surface area contributed by atoms with Gasteiger partial charge in [0.1, 0.15) is 5.69 Å². The smallest absolute Gasteiger partial charge is 0.123 e. The van der Waals surface area contributed by atoms with Gasteiger partial charge >= 0.3 is 0 Å². The first-order chi connectivity index (χ1) is 12.2. The Kier molecular flexibility index (Phi) is 4.67. The van der Waals surface area contributed by atoms with E-state index in [0.717, 1.165) is 17.8 Å². The highest BCUT2D eigenvalue weighted by atomic mass is 32.1. The third-order valence-corrected chi connectivity index (χ3v) is 5.95. The van der Waals surface area contributed by atoms with E-state index in [0.29, 0.717) is 0 Å². The number of aryl methyl sites for hydroxylation is 1. The molecule has 132 valence electrons. The third kappa shape index (κ3) is 3.67. The number of thiophene rings is 1.